The van der Waals surface area contributed by atoms with Crippen LogP contribution in [0.25, 0.3) is 11.5 Å². The summed E-state index contributed by atoms with van der Waals surface area (Å²) in [5.41, 5.74) is -0.333. The lowest BCUT2D eigenvalue weighted by atomic mass is 10.1. The topological polar surface area (TPSA) is 104 Å². The third-order valence-electron chi connectivity index (χ3n) is 2.52. The molecule has 9 heteroatoms. The average Bonchev–Trinajstić information content (AvgIpc) is 2.73. The minimum atomic E-state index is -4.02. The van der Waals surface area contributed by atoms with Crippen LogP contribution in [0.2, 0.25) is 0 Å². The van der Waals surface area contributed by atoms with Gasteiger partial charge in [-0.15, -0.1) is 10.2 Å². The van der Waals surface area contributed by atoms with Crippen LogP contribution in [0.15, 0.2) is 23.5 Å². The van der Waals surface area contributed by atoms with Gasteiger partial charge in [-0.05, 0) is 32.9 Å². The third kappa shape index (κ3) is 2.68. The molecule has 0 aromatic carbocycles. The van der Waals surface area contributed by atoms with E-state index in [0.717, 1.165) is 6.20 Å². The zero-order valence-electron chi connectivity index (χ0n) is 11.2. The second-order valence-electron chi connectivity index (χ2n) is 5.22. The molecule has 0 aliphatic rings. The highest BCUT2D eigenvalue weighted by Gasteiger charge is 2.29. The van der Waals surface area contributed by atoms with Crippen LogP contribution in [-0.2, 0) is 15.6 Å². The summed E-state index contributed by atoms with van der Waals surface area (Å²) in [7, 11) is -4.02. The standard InChI is InChI=1S/C11H14FN5O2S/c1-11(2,3)17-9(8-5-4-7(12)6-14-8)15-16-10(17)20(13,18)19/h4-6H,1-3H3,(H2,13,18,19). The molecule has 0 unspecified atom stereocenters. The highest BCUT2D eigenvalue weighted by atomic mass is 32.2. The fourth-order valence-electron chi connectivity index (χ4n) is 1.73. The van der Waals surface area contributed by atoms with Gasteiger partial charge in [-0.1, -0.05) is 0 Å². The van der Waals surface area contributed by atoms with Gasteiger partial charge in [-0.2, -0.15) is 0 Å². The number of hydrogen-bond acceptors (Lipinski definition) is 5. The van der Waals surface area contributed by atoms with Crippen LogP contribution in [-0.4, -0.2) is 28.2 Å². The van der Waals surface area contributed by atoms with Crippen LogP contribution >= 0.6 is 0 Å². The number of hydrogen-bond donors (Lipinski definition) is 1. The highest BCUT2D eigenvalue weighted by molar-refractivity contribution is 7.89. The number of aromatic nitrogens is 4. The number of sulfonamides is 1. The molecule has 0 fully saturated rings. The highest BCUT2D eigenvalue weighted by Crippen LogP contribution is 2.26. The van der Waals surface area contributed by atoms with Gasteiger partial charge in [0.2, 0.25) is 0 Å². The monoisotopic (exact) mass is 299 g/mol. The quantitative estimate of drug-likeness (QED) is 0.886. The van der Waals surface area contributed by atoms with Crippen molar-refractivity contribution in [3.8, 4) is 11.5 Å². The molecule has 0 bridgehead atoms. The first-order chi connectivity index (χ1) is 9.10. The summed E-state index contributed by atoms with van der Waals surface area (Å²) in [4.78, 5) is 3.88. The number of nitrogens with zero attached hydrogens (tertiary/aromatic N) is 4. The van der Waals surface area contributed by atoms with Crippen molar-refractivity contribution in [1.82, 2.24) is 19.7 Å². The molecule has 108 valence electrons. The van der Waals surface area contributed by atoms with Crippen LogP contribution < -0.4 is 5.14 Å². The Bertz CT molecular complexity index is 731. The Labute approximate surface area is 115 Å². The van der Waals surface area contributed by atoms with Crippen LogP contribution in [0.1, 0.15) is 20.8 Å². The molecule has 0 saturated heterocycles. The normalized spacial score (nSPS) is 12.7. The van der Waals surface area contributed by atoms with Gasteiger partial charge in [0.05, 0.1) is 6.20 Å². The lowest BCUT2D eigenvalue weighted by Crippen LogP contribution is -2.29. The number of halogens is 1. The SMILES string of the molecule is CC(C)(C)n1c(-c2ccc(F)cn2)nnc1S(N)(=O)=O. The number of primary sulfonamides is 1. The van der Waals surface area contributed by atoms with E-state index in [1.54, 1.807) is 20.8 Å². The molecule has 0 aliphatic heterocycles. The zero-order chi connectivity index (χ0) is 15.1. The van der Waals surface area contributed by atoms with Gasteiger partial charge in [-0.3, -0.25) is 4.57 Å². The van der Waals surface area contributed by atoms with E-state index >= 15 is 0 Å². The minimum absolute atomic E-state index is 0.210. The van der Waals surface area contributed by atoms with E-state index < -0.39 is 21.4 Å². The summed E-state index contributed by atoms with van der Waals surface area (Å²) in [5.74, 6) is -0.288. The van der Waals surface area contributed by atoms with Crippen molar-refractivity contribution in [3.63, 3.8) is 0 Å². The number of nitrogens with two attached hydrogens (primary N) is 1. The largest absolute Gasteiger partial charge is 0.290 e. The molecule has 2 aromatic rings. The predicted octanol–water partition coefficient (Wildman–Crippen LogP) is 0.882. The van der Waals surface area contributed by atoms with Crippen molar-refractivity contribution in [2.75, 3.05) is 0 Å². The smallest absolute Gasteiger partial charge is 0.273 e. The average molecular weight is 299 g/mol. The van der Waals surface area contributed by atoms with E-state index in [-0.39, 0.29) is 11.0 Å². The van der Waals surface area contributed by atoms with Crippen LogP contribution in [0.3, 0.4) is 0 Å². The van der Waals surface area contributed by atoms with Crippen LogP contribution in [0, 0.1) is 5.82 Å². The maximum Gasteiger partial charge on any atom is 0.273 e. The summed E-state index contributed by atoms with van der Waals surface area (Å²) in [5, 5.41) is 12.2. The summed E-state index contributed by atoms with van der Waals surface area (Å²) in [6, 6.07) is 2.61. The van der Waals surface area contributed by atoms with Gasteiger partial charge in [0, 0.05) is 5.54 Å². The van der Waals surface area contributed by atoms with Crippen molar-refractivity contribution in [2.45, 2.75) is 31.5 Å². The molecule has 0 atom stereocenters. The fraction of sp³-hybridized carbons (Fsp3) is 0.364. The molecule has 2 heterocycles. The van der Waals surface area contributed by atoms with Crippen LogP contribution in [0.5, 0.6) is 0 Å². The van der Waals surface area contributed by atoms with Gasteiger partial charge in [0.1, 0.15) is 11.5 Å². The van der Waals surface area contributed by atoms with E-state index in [4.69, 9.17) is 5.14 Å². The molecule has 7 nitrogen and oxygen atoms in total. The molecule has 0 saturated carbocycles. The Morgan fingerprint density at radius 2 is 1.90 bits per heavy atom. The van der Waals surface area contributed by atoms with Gasteiger partial charge >= 0.3 is 0 Å². The lowest BCUT2D eigenvalue weighted by molar-refractivity contribution is 0.365. The third-order valence-corrected chi connectivity index (χ3v) is 3.29. The van der Waals surface area contributed by atoms with Crippen molar-refractivity contribution in [3.05, 3.63) is 24.1 Å². The van der Waals surface area contributed by atoms with Crippen molar-refractivity contribution in [2.24, 2.45) is 5.14 Å². The van der Waals surface area contributed by atoms with E-state index in [2.05, 4.69) is 15.2 Å². The maximum absolute atomic E-state index is 12.9. The maximum atomic E-state index is 12.9. The number of pyridine rings is 1. The molecular weight excluding hydrogens is 285 g/mol. The summed E-state index contributed by atoms with van der Waals surface area (Å²) >= 11 is 0. The molecule has 2 N–H and O–H groups in total. The van der Waals surface area contributed by atoms with E-state index in [1.807, 2.05) is 0 Å². The first kappa shape index (κ1) is 14.5. The molecule has 2 aromatic heterocycles. The Morgan fingerprint density at radius 1 is 1.25 bits per heavy atom. The zero-order valence-corrected chi connectivity index (χ0v) is 12.0. The van der Waals surface area contributed by atoms with Crippen molar-refractivity contribution < 1.29 is 12.8 Å². The fourth-order valence-corrected chi connectivity index (χ4v) is 2.50. The number of rotatable bonds is 2. The lowest BCUT2D eigenvalue weighted by Gasteiger charge is -2.23. The van der Waals surface area contributed by atoms with Gasteiger partial charge in [0.25, 0.3) is 15.2 Å². The van der Waals surface area contributed by atoms with Gasteiger partial charge in [0.15, 0.2) is 5.82 Å². The van der Waals surface area contributed by atoms with Crippen LogP contribution in [0.4, 0.5) is 4.39 Å². The van der Waals surface area contributed by atoms with Gasteiger partial charge in [-0.25, -0.2) is 22.9 Å². The summed E-state index contributed by atoms with van der Waals surface area (Å²) in [6.45, 7) is 5.33. The predicted molar refractivity (Wildman–Crippen MR) is 69.6 cm³/mol. The molecule has 20 heavy (non-hydrogen) atoms. The second-order valence-corrected chi connectivity index (χ2v) is 6.67. The molecule has 0 aliphatic carbocycles. The van der Waals surface area contributed by atoms with E-state index in [1.165, 1.54) is 16.7 Å². The second kappa shape index (κ2) is 4.60. The van der Waals surface area contributed by atoms with E-state index in [9.17, 15) is 12.8 Å². The Balaban J connectivity index is 2.72. The Morgan fingerprint density at radius 3 is 2.35 bits per heavy atom. The first-order valence-electron chi connectivity index (χ1n) is 5.71. The van der Waals surface area contributed by atoms with Gasteiger partial charge < -0.3 is 0 Å². The van der Waals surface area contributed by atoms with Crippen molar-refractivity contribution in [1.29, 1.82) is 0 Å². The molecular formula is C11H14FN5O2S. The molecule has 2 rings (SSSR count). The minimum Gasteiger partial charge on any atom is -0.290 e. The Kier molecular flexibility index (Phi) is 3.34. The molecule has 0 amide bonds. The first-order valence-corrected chi connectivity index (χ1v) is 7.26. The summed E-state index contributed by atoms with van der Waals surface area (Å²) < 4.78 is 37.4. The summed E-state index contributed by atoms with van der Waals surface area (Å²) in [6.07, 6.45) is 1.02. The van der Waals surface area contributed by atoms with Crippen molar-refractivity contribution >= 4 is 10.0 Å². The molecule has 0 spiro atoms. The molecule has 0 radical (unpaired) electrons. The Hall–Kier alpha value is -1.87. The van der Waals surface area contributed by atoms with E-state index in [0.29, 0.717) is 5.69 Å².